The van der Waals surface area contributed by atoms with Crippen molar-refractivity contribution in [1.29, 1.82) is 5.41 Å². The first-order valence-electron chi connectivity index (χ1n) is 12.2. The number of ketones is 1. The fourth-order valence-corrected chi connectivity index (χ4v) is 4.58. The van der Waals surface area contributed by atoms with Crippen LogP contribution in [-0.2, 0) is 10.8 Å². The first kappa shape index (κ1) is 25.7. The number of pyridine rings is 1. The quantitative estimate of drug-likeness (QED) is 0.491. The van der Waals surface area contributed by atoms with Crippen molar-refractivity contribution in [2.75, 3.05) is 13.1 Å². The molecular weight excluding hydrogens is 422 g/mol. The highest BCUT2D eigenvalue weighted by Crippen LogP contribution is 2.40. The summed E-state index contributed by atoms with van der Waals surface area (Å²) in [4.78, 5) is 19.8. The number of carbonyl (C=O) groups is 1. The van der Waals surface area contributed by atoms with E-state index < -0.39 is 0 Å². The Bertz CT molecular complexity index is 1050. The molecule has 3 rings (SSSR count). The third kappa shape index (κ3) is 5.57. The van der Waals surface area contributed by atoms with E-state index in [9.17, 15) is 9.90 Å². The molecule has 2 aromatic rings. The maximum atomic E-state index is 13.5. The van der Waals surface area contributed by atoms with Crippen molar-refractivity contribution >= 4 is 17.7 Å². The Labute approximate surface area is 204 Å². The lowest BCUT2D eigenvalue weighted by molar-refractivity contribution is 0.0963. The second-order valence-corrected chi connectivity index (χ2v) is 11.4. The number of amidine groups is 1. The van der Waals surface area contributed by atoms with Gasteiger partial charge in [-0.3, -0.25) is 15.2 Å². The SMILES string of the molecule is CCCC1CN(CC(=O)c2cc(C(C)(C)C)c(O)c(C(C)(C)C)c2)C(=N)/C1=C\c1ccccn1. The minimum absolute atomic E-state index is 0.0323. The molecule has 1 aromatic heterocycles. The summed E-state index contributed by atoms with van der Waals surface area (Å²) in [6, 6.07) is 9.43. The molecule has 34 heavy (non-hydrogen) atoms. The Morgan fingerprint density at radius 3 is 2.26 bits per heavy atom. The molecule has 1 fully saturated rings. The van der Waals surface area contributed by atoms with Crippen LogP contribution in [0.4, 0.5) is 0 Å². The van der Waals surface area contributed by atoms with E-state index in [2.05, 4.69) is 11.9 Å². The van der Waals surface area contributed by atoms with E-state index >= 15 is 0 Å². The summed E-state index contributed by atoms with van der Waals surface area (Å²) in [5, 5.41) is 19.8. The first-order chi connectivity index (χ1) is 15.8. The molecule has 1 aliphatic heterocycles. The predicted molar refractivity (Wildman–Crippen MR) is 140 cm³/mol. The second kappa shape index (κ2) is 9.73. The molecule has 0 radical (unpaired) electrons. The molecule has 1 aliphatic rings. The molecule has 182 valence electrons. The van der Waals surface area contributed by atoms with Gasteiger partial charge in [0.05, 0.1) is 12.2 Å². The number of nitrogens with one attached hydrogen (secondary N) is 1. The lowest BCUT2D eigenvalue weighted by atomic mass is 9.78. The average molecular weight is 462 g/mol. The zero-order valence-electron chi connectivity index (χ0n) is 21.7. The van der Waals surface area contributed by atoms with Gasteiger partial charge < -0.3 is 10.0 Å². The highest BCUT2D eigenvalue weighted by molar-refractivity contribution is 6.06. The summed E-state index contributed by atoms with van der Waals surface area (Å²) < 4.78 is 0. The van der Waals surface area contributed by atoms with Crippen molar-refractivity contribution in [3.8, 4) is 5.75 Å². The molecule has 1 saturated heterocycles. The molecule has 2 heterocycles. The van der Waals surface area contributed by atoms with Crippen LogP contribution in [0.5, 0.6) is 5.75 Å². The van der Waals surface area contributed by atoms with Gasteiger partial charge >= 0.3 is 0 Å². The second-order valence-electron chi connectivity index (χ2n) is 11.4. The number of phenols is 1. The zero-order chi connectivity index (χ0) is 25.3. The van der Waals surface area contributed by atoms with Gasteiger partial charge in [0.2, 0.25) is 0 Å². The van der Waals surface area contributed by atoms with E-state index in [1.54, 1.807) is 6.20 Å². The minimum atomic E-state index is -0.300. The van der Waals surface area contributed by atoms with Gasteiger partial charge in [-0.05, 0) is 47.6 Å². The smallest absolute Gasteiger partial charge is 0.182 e. The molecule has 5 nitrogen and oxygen atoms in total. The Kier molecular flexibility index (Phi) is 7.35. The van der Waals surface area contributed by atoms with Crippen molar-refractivity contribution in [3.05, 3.63) is 64.5 Å². The van der Waals surface area contributed by atoms with Gasteiger partial charge in [0.15, 0.2) is 5.78 Å². The first-order valence-corrected chi connectivity index (χ1v) is 12.2. The molecule has 1 atom stereocenters. The number of carbonyl (C=O) groups excluding carboxylic acids is 1. The van der Waals surface area contributed by atoms with Crippen molar-refractivity contribution in [2.24, 2.45) is 5.92 Å². The predicted octanol–water partition coefficient (Wildman–Crippen LogP) is 6.36. The number of Topliss-reactive ketones (excluding diaryl/α,β-unsaturated/α-hetero) is 1. The van der Waals surface area contributed by atoms with Crippen molar-refractivity contribution < 1.29 is 9.90 Å². The number of aromatic nitrogens is 1. The summed E-state index contributed by atoms with van der Waals surface area (Å²) in [5.41, 5.74) is 3.33. The van der Waals surface area contributed by atoms with Crippen molar-refractivity contribution in [2.45, 2.75) is 72.1 Å². The molecule has 2 N–H and O–H groups in total. The van der Waals surface area contributed by atoms with Gasteiger partial charge in [-0.1, -0.05) is 61.0 Å². The number of aromatic hydroxyl groups is 1. The van der Waals surface area contributed by atoms with Crippen LogP contribution < -0.4 is 0 Å². The Morgan fingerprint density at radius 2 is 1.76 bits per heavy atom. The summed E-state index contributed by atoms with van der Waals surface area (Å²) >= 11 is 0. The molecule has 0 amide bonds. The van der Waals surface area contributed by atoms with Crippen LogP contribution in [0.2, 0.25) is 0 Å². The molecule has 0 saturated carbocycles. The largest absolute Gasteiger partial charge is 0.507 e. The van der Waals surface area contributed by atoms with Crippen LogP contribution in [-0.4, -0.2) is 39.7 Å². The standard InChI is InChI=1S/C29H39N3O2/c1-8-11-19-17-32(27(30)22(19)16-21-12-9-10-13-31-21)18-25(33)20-14-23(28(2,3)4)26(34)24(15-20)29(5,6)7/h9-10,12-16,19,30,34H,8,11,17-18H2,1-7H3/b22-16-,30-27?. The maximum absolute atomic E-state index is 13.5. The van der Waals surface area contributed by atoms with Crippen LogP contribution in [0.25, 0.3) is 6.08 Å². The van der Waals surface area contributed by atoms with E-state index in [1.165, 1.54) is 0 Å². The Balaban J connectivity index is 1.93. The number of benzene rings is 1. The molecule has 5 heteroatoms. The van der Waals surface area contributed by atoms with Crippen LogP contribution in [0.15, 0.2) is 42.1 Å². The highest BCUT2D eigenvalue weighted by Gasteiger charge is 2.34. The topological polar surface area (TPSA) is 77.3 Å². The van der Waals surface area contributed by atoms with Gasteiger partial charge in [-0.15, -0.1) is 0 Å². The molecule has 0 spiro atoms. The molecular formula is C29H39N3O2. The van der Waals surface area contributed by atoms with E-state index in [0.717, 1.165) is 35.2 Å². The molecule has 1 aromatic carbocycles. The summed E-state index contributed by atoms with van der Waals surface area (Å²) in [6.45, 7) is 15.2. The molecule has 0 aliphatic carbocycles. The van der Waals surface area contributed by atoms with Crippen molar-refractivity contribution in [1.82, 2.24) is 9.88 Å². The number of phenolic OH excluding ortho intramolecular Hbond substituents is 1. The molecule has 0 bridgehead atoms. The summed E-state index contributed by atoms with van der Waals surface area (Å²) in [5.74, 6) is 0.856. The third-order valence-corrected chi connectivity index (χ3v) is 6.48. The van der Waals surface area contributed by atoms with Gasteiger partial charge in [0.25, 0.3) is 0 Å². The summed E-state index contributed by atoms with van der Waals surface area (Å²) in [6.07, 6.45) is 5.73. The third-order valence-electron chi connectivity index (χ3n) is 6.48. The minimum Gasteiger partial charge on any atom is -0.507 e. The number of nitrogens with zero attached hydrogens (tertiary/aromatic N) is 2. The normalized spacial score (nSPS) is 18.1. The number of likely N-dealkylation sites (tertiary alicyclic amines) is 1. The lowest BCUT2D eigenvalue weighted by Crippen LogP contribution is -2.31. The Morgan fingerprint density at radius 1 is 1.15 bits per heavy atom. The van der Waals surface area contributed by atoms with Crippen LogP contribution in [0.3, 0.4) is 0 Å². The lowest BCUT2D eigenvalue weighted by Gasteiger charge is -2.28. The number of rotatable bonds is 6. The fourth-order valence-electron chi connectivity index (χ4n) is 4.58. The average Bonchev–Trinajstić information content (AvgIpc) is 3.02. The van der Waals surface area contributed by atoms with E-state index in [1.807, 2.05) is 82.9 Å². The Hall–Kier alpha value is -2.95. The van der Waals surface area contributed by atoms with E-state index in [-0.39, 0.29) is 34.8 Å². The number of hydrogen-bond donors (Lipinski definition) is 2. The zero-order valence-corrected chi connectivity index (χ0v) is 21.7. The van der Waals surface area contributed by atoms with Gasteiger partial charge in [0, 0.05) is 40.9 Å². The van der Waals surface area contributed by atoms with E-state index in [0.29, 0.717) is 17.9 Å². The number of hydrogen-bond acceptors (Lipinski definition) is 4. The van der Waals surface area contributed by atoms with Gasteiger partial charge in [-0.2, -0.15) is 0 Å². The molecule has 1 unspecified atom stereocenters. The van der Waals surface area contributed by atoms with Gasteiger partial charge in [-0.25, -0.2) is 0 Å². The van der Waals surface area contributed by atoms with Crippen LogP contribution in [0.1, 0.15) is 88.5 Å². The van der Waals surface area contributed by atoms with Crippen LogP contribution >= 0.6 is 0 Å². The summed E-state index contributed by atoms with van der Waals surface area (Å²) in [7, 11) is 0. The van der Waals surface area contributed by atoms with E-state index in [4.69, 9.17) is 5.41 Å². The van der Waals surface area contributed by atoms with Crippen molar-refractivity contribution in [3.63, 3.8) is 0 Å². The highest BCUT2D eigenvalue weighted by atomic mass is 16.3. The monoisotopic (exact) mass is 461 g/mol. The van der Waals surface area contributed by atoms with Gasteiger partial charge in [0.1, 0.15) is 11.6 Å². The maximum Gasteiger partial charge on any atom is 0.182 e. The fraction of sp³-hybridized carbons (Fsp3) is 0.483. The van der Waals surface area contributed by atoms with Crippen LogP contribution in [0, 0.1) is 11.3 Å².